The zero-order valence-corrected chi connectivity index (χ0v) is 7.91. The fraction of sp³-hybridized carbons (Fsp3) is 0.143. The van der Waals surface area contributed by atoms with Crippen LogP contribution < -0.4 is 0 Å². The number of nitrogens with zero attached hydrogens (tertiary/aromatic N) is 1. The van der Waals surface area contributed by atoms with Crippen molar-refractivity contribution in [3.8, 4) is 11.8 Å². The summed E-state index contributed by atoms with van der Waals surface area (Å²) in [5, 5.41) is 10.5. The molecule has 12 heavy (non-hydrogen) atoms. The largest absolute Gasteiger partial charge is 0.340 e. The van der Waals surface area contributed by atoms with Crippen molar-refractivity contribution >= 4 is 29.0 Å². The second-order valence-electron chi connectivity index (χ2n) is 1.94. The van der Waals surface area contributed by atoms with Gasteiger partial charge in [0.25, 0.3) is 0 Å². The van der Waals surface area contributed by atoms with Crippen molar-refractivity contribution < 1.29 is 4.92 Å². The standard InChI is InChI=1S/C7H5NO2S2/c1-2-3-5-4-6(11)12-7(5)8(9)10/h4,11H,1H3. The van der Waals surface area contributed by atoms with Gasteiger partial charge >= 0.3 is 5.00 Å². The molecular weight excluding hydrogens is 194 g/mol. The summed E-state index contributed by atoms with van der Waals surface area (Å²) < 4.78 is 0.611. The Balaban J connectivity index is 3.23. The van der Waals surface area contributed by atoms with Gasteiger partial charge in [0.2, 0.25) is 0 Å². The van der Waals surface area contributed by atoms with Crippen LogP contribution >= 0.6 is 24.0 Å². The molecule has 0 bridgehead atoms. The Labute approximate surface area is 79.0 Å². The van der Waals surface area contributed by atoms with Crippen LogP contribution in [0.2, 0.25) is 0 Å². The van der Waals surface area contributed by atoms with Crippen LogP contribution in [0.15, 0.2) is 10.3 Å². The number of thiol groups is 1. The van der Waals surface area contributed by atoms with Crippen LogP contribution in [0.3, 0.4) is 0 Å². The predicted octanol–water partition coefficient (Wildman–Crippen LogP) is 2.32. The smallest absolute Gasteiger partial charge is 0.258 e. The van der Waals surface area contributed by atoms with E-state index in [2.05, 4.69) is 24.5 Å². The minimum Gasteiger partial charge on any atom is -0.258 e. The summed E-state index contributed by atoms with van der Waals surface area (Å²) in [6.45, 7) is 1.64. The summed E-state index contributed by atoms with van der Waals surface area (Å²) in [6, 6.07) is 1.60. The first-order valence-corrected chi connectivity index (χ1v) is 4.31. The van der Waals surface area contributed by atoms with E-state index < -0.39 is 4.92 Å². The highest BCUT2D eigenvalue weighted by molar-refractivity contribution is 7.83. The molecule has 0 aliphatic carbocycles. The maximum absolute atomic E-state index is 10.4. The van der Waals surface area contributed by atoms with Crippen molar-refractivity contribution in [3.63, 3.8) is 0 Å². The van der Waals surface area contributed by atoms with Crippen LogP contribution in [-0.2, 0) is 0 Å². The lowest BCUT2D eigenvalue weighted by Gasteiger charge is -1.83. The van der Waals surface area contributed by atoms with E-state index in [1.54, 1.807) is 13.0 Å². The molecule has 1 rings (SSSR count). The maximum atomic E-state index is 10.4. The molecule has 0 radical (unpaired) electrons. The van der Waals surface area contributed by atoms with E-state index >= 15 is 0 Å². The van der Waals surface area contributed by atoms with Gasteiger partial charge in [-0.25, -0.2) is 0 Å². The summed E-state index contributed by atoms with van der Waals surface area (Å²) in [7, 11) is 0. The predicted molar refractivity (Wildman–Crippen MR) is 50.8 cm³/mol. The molecule has 0 aliphatic heterocycles. The quantitative estimate of drug-likeness (QED) is 0.326. The third-order valence-electron chi connectivity index (χ3n) is 1.12. The van der Waals surface area contributed by atoms with Crippen molar-refractivity contribution in [2.24, 2.45) is 0 Å². The van der Waals surface area contributed by atoms with Crippen molar-refractivity contribution in [1.82, 2.24) is 0 Å². The Morgan fingerprint density at radius 2 is 2.42 bits per heavy atom. The molecule has 0 N–H and O–H groups in total. The van der Waals surface area contributed by atoms with Gasteiger partial charge in [-0.2, -0.15) is 0 Å². The van der Waals surface area contributed by atoms with E-state index in [9.17, 15) is 10.1 Å². The molecule has 0 saturated heterocycles. The average molecular weight is 199 g/mol. The topological polar surface area (TPSA) is 43.1 Å². The Morgan fingerprint density at radius 3 is 2.92 bits per heavy atom. The van der Waals surface area contributed by atoms with Gasteiger partial charge in [-0.1, -0.05) is 17.3 Å². The Morgan fingerprint density at radius 1 is 1.75 bits per heavy atom. The molecule has 0 spiro atoms. The first-order valence-electron chi connectivity index (χ1n) is 3.05. The van der Waals surface area contributed by atoms with Gasteiger partial charge in [0.15, 0.2) is 0 Å². The lowest BCUT2D eigenvalue weighted by Crippen LogP contribution is -1.85. The van der Waals surface area contributed by atoms with Crippen LogP contribution in [0.5, 0.6) is 0 Å². The summed E-state index contributed by atoms with van der Waals surface area (Å²) in [5.41, 5.74) is 0.442. The molecule has 0 unspecified atom stereocenters. The zero-order chi connectivity index (χ0) is 9.14. The number of hydrogen-bond acceptors (Lipinski definition) is 4. The van der Waals surface area contributed by atoms with E-state index in [-0.39, 0.29) is 5.00 Å². The molecule has 0 aliphatic rings. The minimum atomic E-state index is -0.440. The normalized spacial score (nSPS) is 8.83. The monoisotopic (exact) mass is 199 g/mol. The highest BCUT2D eigenvalue weighted by atomic mass is 32.2. The number of nitro groups is 1. The number of rotatable bonds is 1. The third-order valence-corrected chi connectivity index (χ3v) is 2.42. The molecule has 62 valence electrons. The third kappa shape index (κ3) is 1.78. The second kappa shape index (κ2) is 3.61. The molecule has 1 aromatic rings. The van der Waals surface area contributed by atoms with Crippen molar-refractivity contribution in [2.75, 3.05) is 0 Å². The molecule has 0 amide bonds. The molecular formula is C7H5NO2S2. The fourth-order valence-corrected chi connectivity index (χ4v) is 1.79. The van der Waals surface area contributed by atoms with Gasteiger partial charge in [0.1, 0.15) is 5.56 Å². The molecule has 0 atom stereocenters. The highest BCUT2D eigenvalue weighted by Crippen LogP contribution is 2.31. The van der Waals surface area contributed by atoms with Gasteiger partial charge in [0, 0.05) is 0 Å². The Kier molecular flexibility index (Phi) is 2.74. The van der Waals surface area contributed by atoms with Crippen LogP contribution in [0.4, 0.5) is 5.00 Å². The van der Waals surface area contributed by atoms with E-state index in [4.69, 9.17) is 0 Å². The first-order chi connectivity index (χ1) is 5.65. The van der Waals surface area contributed by atoms with Crippen molar-refractivity contribution in [3.05, 3.63) is 21.7 Å². The van der Waals surface area contributed by atoms with E-state index in [0.717, 1.165) is 11.3 Å². The number of hydrogen-bond donors (Lipinski definition) is 1. The second-order valence-corrected chi connectivity index (χ2v) is 3.75. The maximum Gasteiger partial charge on any atom is 0.340 e. The van der Waals surface area contributed by atoms with Gasteiger partial charge in [-0.05, 0) is 13.0 Å². The zero-order valence-electron chi connectivity index (χ0n) is 6.20. The molecule has 1 aromatic heterocycles. The first kappa shape index (κ1) is 9.10. The van der Waals surface area contributed by atoms with E-state index in [1.165, 1.54) is 0 Å². The lowest BCUT2D eigenvalue weighted by atomic mass is 10.3. The minimum absolute atomic E-state index is 0.0642. The lowest BCUT2D eigenvalue weighted by molar-refractivity contribution is -0.380. The van der Waals surface area contributed by atoms with Gasteiger partial charge in [-0.15, -0.1) is 18.5 Å². The molecule has 5 heteroatoms. The Hall–Kier alpha value is -0.990. The molecule has 0 aromatic carbocycles. The van der Waals surface area contributed by atoms with E-state index in [1.807, 2.05) is 0 Å². The molecule has 0 fully saturated rings. The Bertz CT molecular complexity index is 372. The number of thiophene rings is 1. The average Bonchev–Trinajstić information content (AvgIpc) is 2.32. The summed E-state index contributed by atoms with van der Waals surface area (Å²) in [4.78, 5) is 9.98. The summed E-state index contributed by atoms with van der Waals surface area (Å²) in [6.07, 6.45) is 0. The van der Waals surface area contributed by atoms with Gasteiger partial charge in [0.05, 0.1) is 9.13 Å². The van der Waals surface area contributed by atoms with Gasteiger partial charge < -0.3 is 0 Å². The van der Waals surface area contributed by atoms with Crippen LogP contribution in [0, 0.1) is 22.0 Å². The highest BCUT2D eigenvalue weighted by Gasteiger charge is 2.15. The van der Waals surface area contributed by atoms with Crippen LogP contribution in [-0.4, -0.2) is 4.92 Å². The fourth-order valence-electron chi connectivity index (χ4n) is 0.729. The van der Waals surface area contributed by atoms with Gasteiger partial charge in [-0.3, -0.25) is 10.1 Å². The molecule has 0 saturated carbocycles. The SMILES string of the molecule is CC#Cc1cc(S)sc1[N+](=O)[O-]. The van der Waals surface area contributed by atoms with Crippen LogP contribution in [0.1, 0.15) is 12.5 Å². The van der Waals surface area contributed by atoms with Crippen LogP contribution in [0.25, 0.3) is 0 Å². The summed E-state index contributed by atoms with van der Waals surface area (Å²) in [5.74, 6) is 5.26. The molecule has 3 nitrogen and oxygen atoms in total. The summed E-state index contributed by atoms with van der Waals surface area (Å²) >= 11 is 5.03. The van der Waals surface area contributed by atoms with Crippen molar-refractivity contribution in [2.45, 2.75) is 11.1 Å². The van der Waals surface area contributed by atoms with Crippen molar-refractivity contribution in [1.29, 1.82) is 0 Å². The molecule has 1 heterocycles. The van der Waals surface area contributed by atoms with E-state index in [0.29, 0.717) is 9.77 Å².